The van der Waals surface area contributed by atoms with Crippen LogP contribution < -0.4 is 0 Å². The van der Waals surface area contributed by atoms with Gasteiger partial charge in [-0.05, 0) is 25.7 Å². The van der Waals surface area contributed by atoms with Gasteiger partial charge in [-0.15, -0.1) is 0 Å². The van der Waals surface area contributed by atoms with E-state index in [0.717, 1.165) is 57.8 Å². The van der Waals surface area contributed by atoms with Crippen LogP contribution in [0.5, 0.6) is 0 Å². The summed E-state index contributed by atoms with van der Waals surface area (Å²) in [4.78, 5) is 0. The minimum Gasteiger partial charge on any atom is -0.393 e. The van der Waals surface area contributed by atoms with E-state index < -0.39 is 15.4 Å². The maximum Gasteiger partial charge on any atom is 0.267 e. The lowest BCUT2D eigenvalue weighted by Crippen LogP contribution is -2.20. The van der Waals surface area contributed by atoms with Crippen molar-refractivity contribution in [3.05, 3.63) is 0 Å². The van der Waals surface area contributed by atoms with Gasteiger partial charge in [-0.1, -0.05) is 90.9 Å². The number of hydrogen-bond acceptors (Lipinski definition) is 3. The summed E-state index contributed by atoms with van der Waals surface area (Å²) in [5.41, 5.74) is 0. The van der Waals surface area contributed by atoms with Crippen LogP contribution in [0.15, 0.2) is 0 Å². The first kappa shape index (κ1) is 24.9. The minimum absolute atomic E-state index is 0.179. The first-order valence-corrected chi connectivity index (χ1v) is 12.1. The van der Waals surface area contributed by atoms with E-state index in [1.165, 1.54) is 32.1 Å². The topological polar surface area (TPSA) is 74.6 Å². The zero-order chi connectivity index (χ0) is 19.0. The summed E-state index contributed by atoms with van der Waals surface area (Å²) >= 11 is 0. The van der Waals surface area contributed by atoms with Crippen LogP contribution >= 0.6 is 0 Å². The lowest BCUT2D eigenvalue weighted by Gasteiger charge is -2.13. The average molecular weight is 379 g/mol. The monoisotopic (exact) mass is 378 g/mol. The van der Waals surface area contributed by atoms with E-state index in [9.17, 15) is 18.1 Å². The maximum absolute atomic E-state index is 11.4. The molecule has 0 heterocycles. The molecule has 0 saturated carbocycles. The largest absolute Gasteiger partial charge is 0.393 e. The Morgan fingerprint density at radius 2 is 1.04 bits per heavy atom. The molecule has 0 bridgehead atoms. The third kappa shape index (κ3) is 15.8. The van der Waals surface area contributed by atoms with Crippen molar-refractivity contribution in [2.24, 2.45) is 0 Å². The molecule has 0 aliphatic heterocycles. The van der Waals surface area contributed by atoms with E-state index in [1.807, 2.05) is 6.92 Å². The highest BCUT2D eigenvalue weighted by molar-refractivity contribution is 7.86. The van der Waals surface area contributed by atoms with Crippen LogP contribution in [-0.4, -0.2) is 29.4 Å². The van der Waals surface area contributed by atoms with Gasteiger partial charge >= 0.3 is 0 Å². The van der Waals surface area contributed by atoms with E-state index >= 15 is 0 Å². The summed E-state index contributed by atoms with van der Waals surface area (Å²) in [6.07, 6.45) is 15.9. The lowest BCUT2D eigenvalue weighted by molar-refractivity contribution is 0.147. The third-order valence-corrected chi connectivity index (χ3v) is 6.32. The number of unbranched alkanes of at least 4 members (excludes halogenated alkanes) is 9. The van der Waals surface area contributed by atoms with Gasteiger partial charge in [-0.2, -0.15) is 8.42 Å². The fourth-order valence-electron chi connectivity index (χ4n) is 3.28. The highest BCUT2D eigenvalue weighted by Gasteiger charge is 2.21. The molecule has 0 rings (SSSR count). The predicted octanol–water partition coefficient (Wildman–Crippen LogP) is 5.89. The van der Waals surface area contributed by atoms with Crippen molar-refractivity contribution in [3.8, 4) is 0 Å². The zero-order valence-corrected chi connectivity index (χ0v) is 17.4. The molecule has 152 valence electrons. The van der Waals surface area contributed by atoms with E-state index in [-0.39, 0.29) is 6.10 Å². The van der Waals surface area contributed by atoms with Crippen LogP contribution in [0.25, 0.3) is 0 Å². The van der Waals surface area contributed by atoms with Crippen molar-refractivity contribution >= 4 is 10.1 Å². The molecule has 0 fully saturated rings. The normalized spacial score (nSPS) is 14.6. The summed E-state index contributed by atoms with van der Waals surface area (Å²) in [6, 6.07) is 0. The van der Waals surface area contributed by atoms with Gasteiger partial charge in [0, 0.05) is 0 Å². The molecule has 0 aromatic carbocycles. The third-order valence-electron chi connectivity index (χ3n) is 5.01. The number of rotatable bonds is 18. The molecule has 0 aliphatic carbocycles. The Bertz CT molecular complexity index is 381. The Hall–Kier alpha value is -0.130. The summed E-state index contributed by atoms with van der Waals surface area (Å²) in [6.45, 7) is 4.25. The minimum atomic E-state index is -3.90. The van der Waals surface area contributed by atoms with E-state index in [2.05, 4.69) is 6.92 Å². The van der Waals surface area contributed by atoms with Crippen LogP contribution in [0.1, 0.15) is 117 Å². The van der Waals surface area contributed by atoms with Gasteiger partial charge in [0.05, 0.1) is 11.4 Å². The highest BCUT2D eigenvalue weighted by atomic mass is 32.2. The van der Waals surface area contributed by atoms with Gasteiger partial charge in [0.25, 0.3) is 10.1 Å². The summed E-state index contributed by atoms with van der Waals surface area (Å²) in [7, 11) is -3.90. The second-order valence-electron chi connectivity index (χ2n) is 7.48. The molecule has 0 aliphatic rings. The van der Waals surface area contributed by atoms with Crippen LogP contribution in [0.2, 0.25) is 0 Å². The molecule has 25 heavy (non-hydrogen) atoms. The van der Waals surface area contributed by atoms with Crippen LogP contribution in [0.3, 0.4) is 0 Å². The number of hydrogen-bond donors (Lipinski definition) is 2. The highest BCUT2D eigenvalue weighted by Crippen LogP contribution is 2.18. The van der Waals surface area contributed by atoms with E-state index in [0.29, 0.717) is 12.8 Å². The summed E-state index contributed by atoms with van der Waals surface area (Å²) < 4.78 is 32.0. The fourth-order valence-corrected chi connectivity index (χ4v) is 4.21. The number of aliphatic hydroxyl groups excluding tert-OH is 1. The first-order valence-electron chi connectivity index (χ1n) is 10.6. The van der Waals surface area contributed by atoms with E-state index in [4.69, 9.17) is 0 Å². The van der Waals surface area contributed by atoms with Crippen molar-refractivity contribution in [1.29, 1.82) is 0 Å². The van der Waals surface area contributed by atoms with Gasteiger partial charge in [0.1, 0.15) is 0 Å². The summed E-state index contributed by atoms with van der Waals surface area (Å²) in [5, 5.41) is 9.40. The standard InChI is InChI=1S/C20H42O4S/c1-3-5-7-8-9-12-15-19(21)16-13-10-11-14-18-20(17-6-4-2)25(22,23)24/h19-21H,3-18H2,1-2H3,(H,22,23,24). The maximum atomic E-state index is 11.4. The molecule has 0 saturated heterocycles. The Morgan fingerprint density at radius 1 is 0.640 bits per heavy atom. The van der Waals surface area contributed by atoms with Crippen molar-refractivity contribution in [1.82, 2.24) is 0 Å². The van der Waals surface area contributed by atoms with Crippen LogP contribution in [0, 0.1) is 0 Å². The molecule has 0 aromatic heterocycles. The lowest BCUT2D eigenvalue weighted by atomic mass is 10.0. The van der Waals surface area contributed by atoms with E-state index in [1.54, 1.807) is 0 Å². The van der Waals surface area contributed by atoms with Crippen molar-refractivity contribution in [3.63, 3.8) is 0 Å². The first-order chi connectivity index (χ1) is 11.9. The van der Waals surface area contributed by atoms with Crippen molar-refractivity contribution < 1.29 is 18.1 Å². The molecule has 0 radical (unpaired) electrons. The van der Waals surface area contributed by atoms with Gasteiger partial charge in [0.2, 0.25) is 0 Å². The molecule has 5 heteroatoms. The fraction of sp³-hybridized carbons (Fsp3) is 1.00. The average Bonchev–Trinajstić information content (AvgIpc) is 2.55. The van der Waals surface area contributed by atoms with Gasteiger partial charge in [-0.3, -0.25) is 4.55 Å². The predicted molar refractivity (Wildman–Crippen MR) is 107 cm³/mol. The molecule has 0 aromatic rings. The zero-order valence-electron chi connectivity index (χ0n) is 16.6. The summed E-state index contributed by atoms with van der Waals surface area (Å²) in [5.74, 6) is 0. The molecule has 2 unspecified atom stereocenters. The molecule has 4 nitrogen and oxygen atoms in total. The van der Waals surface area contributed by atoms with Gasteiger partial charge < -0.3 is 5.11 Å². The SMILES string of the molecule is CCCCCCCCC(O)CCCCCCC(CCCC)S(=O)(=O)O. The van der Waals surface area contributed by atoms with Crippen molar-refractivity contribution in [2.45, 2.75) is 128 Å². The molecule has 0 amide bonds. The second-order valence-corrected chi connectivity index (χ2v) is 9.18. The van der Waals surface area contributed by atoms with Gasteiger partial charge in [0.15, 0.2) is 0 Å². The molecule has 0 spiro atoms. The second kappa shape index (κ2) is 16.1. The van der Waals surface area contributed by atoms with Crippen LogP contribution in [-0.2, 0) is 10.1 Å². The van der Waals surface area contributed by atoms with Crippen molar-refractivity contribution in [2.75, 3.05) is 0 Å². The molecule has 2 atom stereocenters. The smallest absolute Gasteiger partial charge is 0.267 e. The molecular formula is C20H42O4S. The van der Waals surface area contributed by atoms with Crippen LogP contribution in [0.4, 0.5) is 0 Å². The quantitative estimate of drug-likeness (QED) is 0.230. The Balaban J connectivity index is 3.60. The molecular weight excluding hydrogens is 336 g/mol. The number of aliphatic hydroxyl groups is 1. The Kier molecular flexibility index (Phi) is 16.0. The Labute approximate surface area is 156 Å². The molecule has 2 N–H and O–H groups in total. The van der Waals surface area contributed by atoms with Gasteiger partial charge in [-0.25, -0.2) is 0 Å². The Morgan fingerprint density at radius 3 is 1.52 bits per heavy atom.